The SMILES string of the molecule is Cc1ccc2nc(N(CCCN3CCOCC3)C(=O)c3ccc4c(c3)OCCO4)sc2c1. The Kier molecular flexibility index (Phi) is 6.25. The van der Waals surface area contributed by atoms with E-state index in [2.05, 4.69) is 24.0 Å². The van der Waals surface area contributed by atoms with E-state index >= 15 is 0 Å². The summed E-state index contributed by atoms with van der Waals surface area (Å²) in [5.41, 5.74) is 2.68. The first-order valence-electron chi connectivity index (χ1n) is 11.1. The molecule has 1 fully saturated rings. The van der Waals surface area contributed by atoms with Crippen LogP contribution < -0.4 is 14.4 Å². The fourth-order valence-electron chi connectivity index (χ4n) is 4.03. The highest BCUT2D eigenvalue weighted by Crippen LogP contribution is 2.34. The van der Waals surface area contributed by atoms with E-state index in [-0.39, 0.29) is 5.91 Å². The van der Waals surface area contributed by atoms with E-state index in [4.69, 9.17) is 19.2 Å². The summed E-state index contributed by atoms with van der Waals surface area (Å²) in [7, 11) is 0. The van der Waals surface area contributed by atoms with Gasteiger partial charge in [0.15, 0.2) is 16.6 Å². The number of ether oxygens (including phenoxy) is 3. The lowest BCUT2D eigenvalue weighted by Crippen LogP contribution is -2.39. The number of anilines is 1. The molecule has 0 aliphatic carbocycles. The molecule has 0 atom stereocenters. The number of amides is 1. The molecule has 0 saturated carbocycles. The minimum absolute atomic E-state index is 0.0697. The van der Waals surface area contributed by atoms with Crippen LogP contribution in [0.5, 0.6) is 11.5 Å². The first kappa shape index (κ1) is 21.2. The molecule has 1 aromatic heterocycles. The molecule has 0 spiro atoms. The molecule has 8 heteroatoms. The van der Waals surface area contributed by atoms with Crippen molar-refractivity contribution in [3.8, 4) is 11.5 Å². The Hall–Kier alpha value is -2.68. The number of thiazole rings is 1. The summed E-state index contributed by atoms with van der Waals surface area (Å²) >= 11 is 1.56. The highest BCUT2D eigenvalue weighted by molar-refractivity contribution is 7.22. The maximum absolute atomic E-state index is 13.6. The third-order valence-corrected chi connectivity index (χ3v) is 6.80. The zero-order chi connectivity index (χ0) is 21.9. The lowest BCUT2D eigenvalue weighted by molar-refractivity contribution is 0.0376. The van der Waals surface area contributed by atoms with Crippen LogP contribution in [0.4, 0.5) is 5.13 Å². The molecule has 0 radical (unpaired) electrons. The molecule has 2 aliphatic rings. The molecule has 0 N–H and O–H groups in total. The summed E-state index contributed by atoms with van der Waals surface area (Å²) in [6.07, 6.45) is 0.866. The normalized spacial score (nSPS) is 16.3. The molecule has 2 aliphatic heterocycles. The van der Waals surface area contributed by atoms with Crippen LogP contribution in [0.2, 0.25) is 0 Å². The van der Waals surface area contributed by atoms with Gasteiger partial charge in [0.25, 0.3) is 5.91 Å². The van der Waals surface area contributed by atoms with Crippen molar-refractivity contribution in [1.82, 2.24) is 9.88 Å². The zero-order valence-corrected chi connectivity index (χ0v) is 19.0. The second-order valence-corrected chi connectivity index (χ2v) is 9.10. The van der Waals surface area contributed by atoms with Gasteiger partial charge in [-0.3, -0.25) is 14.6 Å². The second-order valence-electron chi connectivity index (χ2n) is 8.09. The van der Waals surface area contributed by atoms with E-state index in [9.17, 15) is 4.79 Å². The number of carbonyl (C=O) groups is 1. The van der Waals surface area contributed by atoms with Gasteiger partial charge < -0.3 is 14.2 Å². The van der Waals surface area contributed by atoms with Gasteiger partial charge in [-0.1, -0.05) is 17.4 Å². The number of morpholine rings is 1. The topological polar surface area (TPSA) is 64.1 Å². The number of hydrogen-bond donors (Lipinski definition) is 0. The van der Waals surface area contributed by atoms with Crippen LogP contribution in [0.25, 0.3) is 10.2 Å². The van der Waals surface area contributed by atoms with Gasteiger partial charge in [-0.25, -0.2) is 4.98 Å². The summed E-state index contributed by atoms with van der Waals surface area (Å²) in [4.78, 5) is 22.6. The maximum atomic E-state index is 13.6. The molecule has 32 heavy (non-hydrogen) atoms. The average Bonchev–Trinajstić information content (AvgIpc) is 3.24. The quantitative estimate of drug-likeness (QED) is 0.567. The average molecular weight is 454 g/mol. The van der Waals surface area contributed by atoms with Gasteiger partial charge in [0.1, 0.15) is 13.2 Å². The second kappa shape index (κ2) is 9.44. The molecule has 0 unspecified atom stereocenters. The van der Waals surface area contributed by atoms with Crippen molar-refractivity contribution in [2.75, 3.05) is 57.5 Å². The number of aromatic nitrogens is 1. The first-order chi connectivity index (χ1) is 15.7. The van der Waals surface area contributed by atoms with E-state index in [1.54, 1.807) is 17.4 Å². The van der Waals surface area contributed by atoms with Crippen molar-refractivity contribution in [2.24, 2.45) is 0 Å². The van der Waals surface area contributed by atoms with Crippen LogP contribution in [0.3, 0.4) is 0 Å². The van der Waals surface area contributed by atoms with Crippen LogP contribution in [0, 0.1) is 6.92 Å². The van der Waals surface area contributed by atoms with Gasteiger partial charge >= 0.3 is 0 Å². The fraction of sp³-hybridized carbons (Fsp3) is 0.417. The summed E-state index contributed by atoms with van der Waals surface area (Å²) in [5.74, 6) is 1.23. The number of benzene rings is 2. The van der Waals surface area contributed by atoms with Crippen molar-refractivity contribution >= 4 is 32.6 Å². The Balaban J connectivity index is 1.40. The van der Waals surface area contributed by atoms with Gasteiger partial charge in [-0.2, -0.15) is 0 Å². The molecule has 1 saturated heterocycles. The molecule has 5 rings (SSSR count). The smallest absolute Gasteiger partial charge is 0.260 e. The Morgan fingerprint density at radius 1 is 1.06 bits per heavy atom. The van der Waals surface area contributed by atoms with Gasteiger partial charge in [0.05, 0.1) is 23.4 Å². The molecular formula is C24H27N3O4S. The number of nitrogens with zero attached hydrogens (tertiary/aromatic N) is 3. The number of fused-ring (bicyclic) bond motifs is 2. The number of rotatable bonds is 6. The van der Waals surface area contributed by atoms with Gasteiger partial charge in [0, 0.05) is 31.7 Å². The van der Waals surface area contributed by atoms with Crippen molar-refractivity contribution in [1.29, 1.82) is 0 Å². The van der Waals surface area contributed by atoms with Crippen LogP contribution in [0.1, 0.15) is 22.3 Å². The molecule has 3 aromatic rings. The molecule has 1 amide bonds. The number of aryl methyl sites for hydroxylation is 1. The van der Waals surface area contributed by atoms with Gasteiger partial charge in [-0.05, 0) is 49.2 Å². The summed E-state index contributed by atoms with van der Waals surface area (Å²) in [5, 5.41) is 0.729. The predicted molar refractivity (Wildman–Crippen MR) is 125 cm³/mol. The predicted octanol–water partition coefficient (Wildman–Crippen LogP) is 3.75. The van der Waals surface area contributed by atoms with Gasteiger partial charge in [0.2, 0.25) is 0 Å². The Morgan fingerprint density at radius 3 is 2.72 bits per heavy atom. The number of hydrogen-bond acceptors (Lipinski definition) is 7. The third-order valence-electron chi connectivity index (χ3n) is 5.76. The number of carbonyl (C=O) groups excluding carboxylic acids is 1. The lowest BCUT2D eigenvalue weighted by atomic mass is 10.1. The largest absolute Gasteiger partial charge is 0.486 e. The first-order valence-corrected chi connectivity index (χ1v) is 11.9. The fourth-order valence-corrected chi connectivity index (χ4v) is 5.12. The summed E-state index contributed by atoms with van der Waals surface area (Å²) < 4.78 is 17.8. The Labute approximate surface area is 191 Å². The van der Waals surface area contributed by atoms with E-state index in [0.29, 0.717) is 36.8 Å². The molecule has 168 valence electrons. The van der Waals surface area contributed by atoms with Crippen LogP contribution in [-0.2, 0) is 4.74 Å². The Bertz CT molecular complexity index is 1110. The molecule has 2 aromatic carbocycles. The van der Waals surface area contributed by atoms with Crippen molar-refractivity contribution in [3.63, 3.8) is 0 Å². The van der Waals surface area contributed by atoms with Crippen molar-refractivity contribution in [3.05, 3.63) is 47.5 Å². The van der Waals surface area contributed by atoms with Crippen molar-refractivity contribution in [2.45, 2.75) is 13.3 Å². The molecular weight excluding hydrogens is 426 g/mol. The molecule has 7 nitrogen and oxygen atoms in total. The zero-order valence-electron chi connectivity index (χ0n) is 18.2. The molecule has 0 bridgehead atoms. The standard InChI is InChI=1S/C24H27N3O4S/c1-17-3-5-19-22(15-17)32-24(25-19)27(8-2-7-26-9-11-29-12-10-26)23(28)18-4-6-20-21(16-18)31-14-13-30-20/h3-6,15-16H,2,7-14H2,1H3. The lowest BCUT2D eigenvalue weighted by Gasteiger charge is -2.28. The highest BCUT2D eigenvalue weighted by Gasteiger charge is 2.24. The van der Waals surface area contributed by atoms with Gasteiger partial charge in [-0.15, -0.1) is 0 Å². The van der Waals surface area contributed by atoms with Crippen LogP contribution >= 0.6 is 11.3 Å². The minimum atomic E-state index is -0.0697. The van der Waals surface area contributed by atoms with E-state index < -0.39 is 0 Å². The monoisotopic (exact) mass is 453 g/mol. The van der Waals surface area contributed by atoms with Crippen LogP contribution in [-0.4, -0.2) is 68.4 Å². The van der Waals surface area contributed by atoms with E-state index in [0.717, 1.165) is 54.6 Å². The van der Waals surface area contributed by atoms with Crippen LogP contribution in [0.15, 0.2) is 36.4 Å². The third kappa shape index (κ3) is 4.57. The molecule has 3 heterocycles. The van der Waals surface area contributed by atoms with E-state index in [1.807, 2.05) is 23.1 Å². The highest BCUT2D eigenvalue weighted by atomic mass is 32.1. The minimum Gasteiger partial charge on any atom is -0.486 e. The summed E-state index contributed by atoms with van der Waals surface area (Å²) in [6, 6.07) is 11.6. The van der Waals surface area contributed by atoms with E-state index in [1.165, 1.54) is 5.56 Å². The van der Waals surface area contributed by atoms with Crippen molar-refractivity contribution < 1.29 is 19.0 Å². The summed E-state index contributed by atoms with van der Waals surface area (Å²) in [6.45, 7) is 8.05. The maximum Gasteiger partial charge on any atom is 0.260 e. The Morgan fingerprint density at radius 2 is 1.88 bits per heavy atom.